The molecule has 2 aliphatic carbocycles. The molecule has 0 bridgehead atoms. The van der Waals surface area contributed by atoms with Gasteiger partial charge in [-0.1, -0.05) is 41.9 Å². The van der Waals surface area contributed by atoms with Crippen LogP contribution in [0.25, 0.3) is 6.08 Å². The molecule has 1 saturated carbocycles. The SMILES string of the molecule is CC(C)Oc1ccccc1C1C(Cl)=Cc2nc(C(CO)c3ccc(S(=O)CC4CC4)cc3)[nH]c2C1Cl. The summed E-state index contributed by atoms with van der Waals surface area (Å²) in [5.41, 5.74) is 3.25. The number of alkyl halides is 1. The van der Waals surface area contributed by atoms with E-state index in [1.807, 2.05) is 68.5 Å². The number of aliphatic hydroxyl groups is 1. The third-order valence-corrected chi connectivity index (χ3v) is 9.06. The van der Waals surface area contributed by atoms with Gasteiger partial charge in [-0.2, -0.15) is 0 Å². The molecule has 2 N–H and O–H groups in total. The molecular formula is C28H30Cl2N2O3S. The van der Waals surface area contributed by atoms with Gasteiger partial charge in [-0.15, -0.1) is 11.6 Å². The van der Waals surface area contributed by atoms with Gasteiger partial charge in [0.2, 0.25) is 0 Å². The van der Waals surface area contributed by atoms with Crippen molar-refractivity contribution in [3.05, 3.63) is 81.9 Å². The number of ether oxygens (including phenoxy) is 1. The first-order valence-corrected chi connectivity index (χ1v) is 14.4. The van der Waals surface area contributed by atoms with Crippen LogP contribution in [0.5, 0.6) is 5.75 Å². The molecule has 2 aliphatic rings. The van der Waals surface area contributed by atoms with Crippen molar-refractivity contribution in [2.75, 3.05) is 12.4 Å². The molecule has 5 nitrogen and oxygen atoms in total. The average molecular weight is 546 g/mol. The minimum atomic E-state index is -0.986. The molecule has 1 fully saturated rings. The Balaban J connectivity index is 1.41. The highest BCUT2D eigenvalue weighted by molar-refractivity contribution is 7.85. The Kier molecular flexibility index (Phi) is 7.59. The van der Waals surface area contributed by atoms with Crippen LogP contribution in [0.1, 0.15) is 72.2 Å². The van der Waals surface area contributed by atoms with E-state index < -0.39 is 16.2 Å². The van der Waals surface area contributed by atoms with Crippen LogP contribution in [0.2, 0.25) is 0 Å². The molecule has 0 amide bonds. The molecule has 8 heteroatoms. The highest BCUT2D eigenvalue weighted by Gasteiger charge is 2.36. The lowest BCUT2D eigenvalue weighted by Gasteiger charge is -2.27. The van der Waals surface area contributed by atoms with E-state index >= 15 is 0 Å². The van der Waals surface area contributed by atoms with E-state index in [1.165, 1.54) is 12.8 Å². The minimum absolute atomic E-state index is 0.0171. The number of hydrogen-bond acceptors (Lipinski definition) is 4. The summed E-state index contributed by atoms with van der Waals surface area (Å²) < 4.78 is 18.6. The molecule has 0 saturated heterocycles. The zero-order valence-electron chi connectivity index (χ0n) is 20.3. The number of fused-ring (bicyclic) bond motifs is 1. The van der Waals surface area contributed by atoms with E-state index in [-0.39, 0.29) is 24.5 Å². The van der Waals surface area contributed by atoms with Crippen LogP contribution in [0.4, 0.5) is 0 Å². The van der Waals surface area contributed by atoms with Gasteiger partial charge in [-0.05, 0) is 62.4 Å². The second-order valence-corrected chi connectivity index (χ2v) is 12.2. The molecule has 36 heavy (non-hydrogen) atoms. The van der Waals surface area contributed by atoms with Gasteiger partial charge in [0.1, 0.15) is 11.6 Å². The number of benzene rings is 2. The standard InChI is InChI=1S/C28H30Cl2N2O3S/c1-16(2)35-24-6-4-3-5-20(24)25-22(29)13-23-27(26(25)30)32-28(31-23)21(14-33)18-9-11-19(12-10-18)36(34)15-17-7-8-17/h3-6,9-13,16-17,21,25-26,33H,7-8,14-15H2,1-2H3,(H,31,32). The maximum Gasteiger partial charge on any atom is 0.123 e. The maximum atomic E-state index is 12.5. The van der Waals surface area contributed by atoms with Crippen LogP contribution in [0.3, 0.4) is 0 Å². The van der Waals surface area contributed by atoms with E-state index in [4.69, 9.17) is 32.9 Å². The monoisotopic (exact) mass is 544 g/mol. The first-order valence-electron chi connectivity index (χ1n) is 12.3. The highest BCUT2D eigenvalue weighted by atomic mass is 35.5. The summed E-state index contributed by atoms with van der Waals surface area (Å²) in [4.78, 5) is 8.95. The molecule has 0 radical (unpaired) electrons. The predicted molar refractivity (Wildman–Crippen MR) is 145 cm³/mol. The average Bonchev–Trinajstić information content (AvgIpc) is 3.57. The second-order valence-electron chi connectivity index (χ2n) is 9.79. The van der Waals surface area contributed by atoms with Crippen molar-refractivity contribution in [2.45, 2.75) is 54.9 Å². The number of aromatic amines is 1. The van der Waals surface area contributed by atoms with Crippen molar-refractivity contribution in [2.24, 2.45) is 5.92 Å². The predicted octanol–water partition coefficient (Wildman–Crippen LogP) is 6.50. The number of aliphatic hydroxyl groups excluding tert-OH is 1. The number of aromatic nitrogens is 2. The Labute approximate surface area is 224 Å². The van der Waals surface area contributed by atoms with E-state index in [0.29, 0.717) is 22.5 Å². The van der Waals surface area contributed by atoms with Crippen LogP contribution in [-0.2, 0) is 10.8 Å². The number of imidazole rings is 1. The second kappa shape index (κ2) is 10.7. The number of nitrogens with one attached hydrogen (secondary N) is 1. The summed E-state index contributed by atoms with van der Waals surface area (Å²) in [6.07, 6.45) is 4.21. The van der Waals surface area contributed by atoms with E-state index in [0.717, 1.165) is 33.2 Å². The summed E-state index contributed by atoms with van der Waals surface area (Å²) >= 11 is 13.8. The van der Waals surface area contributed by atoms with Gasteiger partial charge in [0.15, 0.2) is 0 Å². The summed E-state index contributed by atoms with van der Waals surface area (Å²) in [5.74, 6) is 2.04. The summed E-state index contributed by atoms with van der Waals surface area (Å²) in [6.45, 7) is 3.84. The van der Waals surface area contributed by atoms with Crippen LogP contribution in [0, 0.1) is 5.92 Å². The molecule has 3 aromatic rings. The van der Waals surface area contributed by atoms with E-state index in [1.54, 1.807) is 0 Å². The Morgan fingerprint density at radius 3 is 2.56 bits per heavy atom. The molecule has 0 spiro atoms. The Morgan fingerprint density at radius 1 is 1.17 bits per heavy atom. The first kappa shape index (κ1) is 25.5. The molecule has 0 aliphatic heterocycles. The van der Waals surface area contributed by atoms with Crippen molar-refractivity contribution in [3.8, 4) is 5.75 Å². The van der Waals surface area contributed by atoms with E-state index in [2.05, 4.69) is 4.98 Å². The lowest BCUT2D eigenvalue weighted by atomic mass is 9.88. The molecule has 190 valence electrons. The lowest BCUT2D eigenvalue weighted by molar-refractivity contribution is 0.239. The van der Waals surface area contributed by atoms with Gasteiger partial charge >= 0.3 is 0 Å². The number of para-hydroxylation sites is 1. The first-order chi connectivity index (χ1) is 17.4. The topological polar surface area (TPSA) is 75.2 Å². The Morgan fingerprint density at radius 2 is 1.89 bits per heavy atom. The zero-order valence-corrected chi connectivity index (χ0v) is 22.6. The van der Waals surface area contributed by atoms with Gasteiger partial charge in [-0.3, -0.25) is 4.21 Å². The number of nitrogens with zero attached hydrogens (tertiary/aromatic N) is 1. The molecule has 1 heterocycles. The van der Waals surface area contributed by atoms with Gasteiger partial charge < -0.3 is 14.8 Å². The molecule has 1 aromatic heterocycles. The normalized spacial score (nSPS) is 21.1. The summed E-state index contributed by atoms with van der Waals surface area (Å²) in [7, 11) is -0.986. The fraction of sp³-hybridized carbons (Fsp3) is 0.393. The van der Waals surface area contributed by atoms with Crippen LogP contribution < -0.4 is 4.74 Å². The van der Waals surface area contributed by atoms with Crippen molar-refractivity contribution < 1.29 is 14.1 Å². The van der Waals surface area contributed by atoms with Crippen molar-refractivity contribution in [1.82, 2.24) is 9.97 Å². The summed E-state index contributed by atoms with van der Waals surface area (Å²) in [6, 6.07) is 15.4. The van der Waals surface area contributed by atoms with Crippen LogP contribution in [-0.4, -0.2) is 37.7 Å². The molecule has 4 unspecified atom stereocenters. The molecule has 2 aromatic carbocycles. The van der Waals surface area contributed by atoms with Gasteiger partial charge in [-0.25, -0.2) is 4.98 Å². The van der Waals surface area contributed by atoms with Crippen LogP contribution in [0.15, 0.2) is 58.5 Å². The third kappa shape index (κ3) is 5.28. The maximum absolute atomic E-state index is 12.5. The third-order valence-electron chi connectivity index (χ3n) is 6.68. The van der Waals surface area contributed by atoms with Gasteiger partial charge in [0.05, 0.1) is 46.2 Å². The fourth-order valence-electron chi connectivity index (χ4n) is 4.63. The number of H-pyrrole nitrogens is 1. The molecule has 4 atom stereocenters. The number of rotatable bonds is 9. The van der Waals surface area contributed by atoms with Crippen molar-refractivity contribution in [3.63, 3.8) is 0 Å². The molecular weight excluding hydrogens is 515 g/mol. The lowest BCUT2D eigenvalue weighted by Crippen LogP contribution is -2.15. The van der Waals surface area contributed by atoms with Crippen molar-refractivity contribution >= 4 is 40.1 Å². The van der Waals surface area contributed by atoms with E-state index in [9.17, 15) is 9.32 Å². The smallest absolute Gasteiger partial charge is 0.123 e. The quantitative estimate of drug-likeness (QED) is 0.301. The van der Waals surface area contributed by atoms with Crippen LogP contribution >= 0.6 is 23.2 Å². The Hall–Kier alpha value is -2.12. The number of allylic oxidation sites excluding steroid dienone is 1. The highest BCUT2D eigenvalue weighted by Crippen LogP contribution is 2.50. The Bertz CT molecular complexity index is 1280. The van der Waals surface area contributed by atoms with Gasteiger partial charge in [0.25, 0.3) is 0 Å². The largest absolute Gasteiger partial charge is 0.491 e. The van der Waals surface area contributed by atoms with Crippen molar-refractivity contribution in [1.29, 1.82) is 0 Å². The minimum Gasteiger partial charge on any atom is -0.491 e. The fourth-order valence-corrected chi connectivity index (χ4v) is 6.88. The molecule has 5 rings (SSSR count). The zero-order chi connectivity index (χ0) is 25.4. The number of halogens is 2. The summed E-state index contributed by atoms with van der Waals surface area (Å²) in [5, 5.41) is 10.4. The van der Waals surface area contributed by atoms with Gasteiger partial charge in [0, 0.05) is 27.2 Å². The number of hydrogen-bond donors (Lipinski definition) is 2.